The number of hydrogen-bond donors (Lipinski definition) is 1. The van der Waals surface area contributed by atoms with Gasteiger partial charge in [-0.25, -0.2) is 8.78 Å². The van der Waals surface area contributed by atoms with E-state index in [9.17, 15) is 8.78 Å². The van der Waals surface area contributed by atoms with Crippen molar-refractivity contribution in [2.24, 2.45) is 0 Å². The van der Waals surface area contributed by atoms with Crippen LogP contribution in [0.15, 0.2) is 12.1 Å². The normalized spacial score (nSPS) is 20.8. The van der Waals surface area contributed by atoms with Crippen LogP contribution in [0.3, 0.4) is 0 Å². The molecular weight excluding hydrogens is 212 g/mol. The third-order valence-electron chi connectivity index (χ3n) is 2.76. The van der Waals surface area contributed by atoms with Gasteiger partial charge in [-0.05, 0) is 37.9 Å². The predicted molar refractivity (Wildman–Crippen MR) is 57.6 cm³/mol. The fourth-order valence-electron chi connectivity index (χ4n) is 1.82. The predicted octanol–water partition coefficient (Wildman–Crippen LogP) is 2.40. The molecule has 1 N–H and O–H groups in total. The van der Waals surface area contributed by atoms with Gasteiger partial charge in [-0.2, -0.15) is 0 Å². The number of piperidine rings is 1. The van der Waals surface area contributed by atoms with Crippen LogP contribution in [0, 0.1) is 18.6 Å². The molecule has 1 fully saturated rings. The van der Waals surface area contributed by atoms with Crippen LogP contribution >= 0.6 is 0 Å². The second-order valence-electron chi connectivity index (χ2n) is 4.12. The molecule has 1 aliphatic heterocycles. The number of aryl methyl sites for hydroxylation is 1. The fraction of sp³-hybridized carbons (Fsp3) is 0.500. The molecule has 4 heteroatoms. The van der Waals surface area contributed by atoms with Crippen LogP contribution < -0.4 is 10.1 Å². The molecule has 0 aliphatic carbocycles. The van der Waals surface area contributed by atoms with Crippen LogP contribution in [0.5, 0.6) is 5.75 Å². The monoisotopic (exact) mass is 227 g/mol. The lowest BCUT2D eigenvalue weighted by molar-refractivity contribution is 0.159. The molecule has 1 atom stereocenters. The SMILES string of the molecule is Cc1cc(F)c(OC2CCCNC2)cc1F. The smallest absolute Gasteiger partial charge is 0.165 e. The van der Waals surface area contributed by atoms with Crippen molar-refractivity contribution in [3.05, 3.63) is 29.3 Å². The van der Waals surface area contributed by atoms with Gasteiger partial charge in [-0.1, -0.05) is 0 Å². The molecule has 1 saturated heterocycles. The van der Waals surface area contributed by atoms with Gasteiger partial charge in [-0.15, -0.1) is 0 Å². The van der Waals surface area contributed by atoms with Gasteiger partial charge in [0.2, 0.25) is 0 Å². The highest BCUT2D eigenvalue weighted by Gasteiger charge is 2.17. The third-order valence-corrected chi connectivity index (χ3v) is 2.76. The zero-order valence-corrected chi connectivity index (χ0v) is 9.22. The number of halogens is 2. The first kappa shape index (κ1) is 11.3. The molecule has 0 amide bonds. The summed E-state index contributed by atoms with van der Waals surface area (Å²) in [5.41, 5.74) is 0.298. The first-order valence-electron chi connectivity index (χ1n) is 5.50. The highest BCUT2D eigenvalue weighted by atomic mass is 19.1. The van der Waals surface area contributed by atoms with Crippen molar-refractivity contribution in [1.82, 2.24) is 5.32 Å². The Hall–Kier alpha value is -1.16. The highest BCUT2D eigenvalue weighted by Crippen LogP contribution is 2.23. The largest absolute Gasteiger partial charge is 0.486 e. The van der Waals surface area contributed by atoms with Crippen molar-refractivity contribution in [3.8, 4) is 5.75 Å². The Kier molecular flexibility index (Phi) is 3.39. The van der Waals surface area contributed by atoms with Gasteiger partial charge in [0.05, 0.1) is 0 Å². The summed E-state index contributed by atoms with van der Waals surface area (Å²) in [5.74, 6) is -0.915. The Labute approximate surface area is 93.6 Å². The summed E-state index contributed by atoms with van der Waals surface area (Å²) < 4.78 is 32.2. The quantitative estimate of drug-likeness (QED) is 0.837. The summed E-state index contributed by atoms with van der Waals surface area (Å²) in [7, 11) is 0. The number of hydrogen-bond acceptors (Lipinski definition) is 2. The molecule has 16 heavy (non-hydrogen) atoms. The summed E-state index contributed by atoms with van der Waals surface area (Å²) in [6.07, 6.45) is 1.81. The molecule has 1 unspecified atom stereocenters. The molecule has 0 aromatic heterocycles. The van der Waals surface area contributed by atoms with Gasteiger partial charge >= 0.3 is 0 Å². The van der Waals surface area contributed by atoms with Gasteiger partial charge in [0.15, 0.2) is 11.6 Å². The molecule has 88 valence electrons. The van der Waals surface area contributed by atoms with Crippen LogP contribution in [0.1, 0.15) is 18.4 Å². The van der Waals surface area contributed by atoms with Crippen LogP contribution in [0.4, 0.5) is 8.78 Å². The summed E-state index contributed by atoms with van der Waals surface area (Å²) in [6, 6.07) is 2.29. The van der Waals surface area contributed by atoms with Crippen LogP contribution in [0.25, 0.3) is 0 Å². The zero-order valence-electron chi connectivity index (χ0n) is 9.22. The molecule has 0 saturated carbocycles. The molecular formula is C12H15F2NO. The molecule has 0 bridgehead atoms. The minimum Gasteiger partial charge on any atom is -0.486 e. The Morgan fingerprint density at radius 1 is 1.31 bits per heavy atom. The average Bonchev–Trinajstić information content (AvgIpc) is 2.27. The van der Waals surface area contributed by atoms with Gasteiger partial charge < -0.3 is 10.1 Å². The highest BCUT2D eigenvalue weighted by molar-refractivity contribution is 5.30. The number of nitrogens with one attached hydrogen (secondary N) is 1. The second kappa shape index (κ2) is 4.78. The van der Waals surface area contributed by atoms with Crippen molar-refractivity contribution >= 4 is 0 Å². The average molecular weight is 227 g/mol. The van der Waals surface area contributed by atoms with Crippen molar-refractivity contribution < 1.29 is 13.5 Å². The third kappa shape index (κ3) is 2.50. The summed E-state index contributed by atoms with van der Waals surface area (Å²) >= 11 is 0. The molecule has 1 heterocycles. The maximum Gasteiger partial charge on any atom is 0.165 e. The van der Waals surface area contributed by atoms with E-state index >= 15 is 0 Å². The minimum absolute atomic E-state index is 0.0109. The van der Waals surface area contributed by atoms with Crippen molar-refractivity contribution in [3.63, 3.8) is 0 Å². The molecule has 1 aromatic rings. The zero-order chi connectivity index (χ0) is 11.5. The first-order chi connectivity index (χ1) is 7.66. The number of rotatable bonds is 2. The van der Waals surface area contributed by atoms with Gasteiger partial charge in [-0.3, -0.25) is 0 Å². The molecule has 1 aromatic carbocycles. The van der Waals surface area contributed by atoms with E-state index in [1.54, 1.807) is 0 Å². The molecule has 1 aliphatic rings. The molecule has 2 rings (SSSR count). The second-order valence-corrected chi connectivity index (χ2v) is 4.12. The Balaban J connectivity index is 2.11. The summed E-state index contributed by atoms with van der Waals surface area (Å²) in [6.45, 7) is 3.18. The number of ether oxygens (including phenoxy) is 1. The van der Waals surface area contributed by atoms with Crippen LogP contribution in [-0.2, 0) is 0 Å². The van der Waals surface area contributed by atoms with E-state index in [0.29, 0.717) is 12.1 Å². The Bertz CT molecular complexity index is 376. The van der Waals surface area contributed by atoms with E-state index in [4.69, 9.17) is 4.74 Å². The van der Waals surface area contributed by atoms with Gasteiger partial charge in [0, 0.05) is 12.6 Å². The van der Waals surface area contributed by atoms with E-state index in [-0.39, 0.29) is 11.9 Å². The van der Waals surface area contributed by atoms with Crippen molar-refractivity contribution in [1.29, 1.82) is 0 Å². The van der Waals surface area contributed by atoms with E-state index in [1.807, 2.05) is 0 Å². The minimum atomic E-state index is -0.496. The van der Waals surface area contributed by atoms with E-state index < -0.39 is 11.6 Å². The van der Waals surface area contributed by atoms with Crippen molar-refractivity contribution in [2.75, 3.05) is 13.1 Å². The van der Waals surface area contributed by atoms with Crippen molar-refractivity contribution in [2.45, 2.75) is 25.9 Å². The lowest BCUT2D eigenvalue weighted by atomic mass is 10.1. The van der Waals surface area contributed by atoms with Gasteiger partial charge in [0.25, 0.3) is 0 Å². The molecule has 0 spiro atoms. The van der Waals surface area contributed by atoms with E-state index in [0.717, 1.165) is 25.5 Å². The lowest BCUT2D eigenvalue weighted by Crippen LogP contribution is -2.37. The van der Waals surface area contributed by atoms with Crippen LogP contribution in [-0.4, -0.2) is 19.2 Å². The first-order valence-corrected chi connectivity index (χ1v) is 5.50. The molecule has 0 radical (unpaired) electrons. The maximum atomic E-state index is 13.5. The fourth-order valence-corrected chi connectivity index (χ4v) is 1.82. The van der Waals surface area contributed by atoms with Crippen LogP contribution in [0.2, 0.25) is 0 Å². The number of benzene rings is 1. The van der Waals surface area contributed by atoms with Gasteiger partial charge in [0.1, 0.15) is 11.9 Å². The van der Waals surface area contributed by atoms with E-state index in [1.165, 1.54) is 13.0 Å². The Morgan fingerprint density at radius 2 is 2.12 bits per heavy atom. The standard InChI is InChI=1S/C12H15F2NO/c1-8-5-11(14)12(6-10(8)13)16-9-3-2-4-15-7-9/h5-6,9,15H,2-4,7H2,1H3. The Morgan fingerprint density at radius 3 is 2.81 bits per heavy atom. The molecule has 2 nitrogen and oxygen atoms in total. The maximum absolute atomic E-state index is 13.5. The van der Waals surface area contributed by atoms with E-state index in [2.05, 4.69) is 5.32 Å². The summed E-state index contributed by atoms with van der Waals surface area (Å²) in [5, 5.41) is 3.16. The topological polar surface area (TPSA) is 21.3 Å². The summed E-state index contributed by atoms with van der Waals surface area (Å²) in [4.78, 5) is 0. The lowest BCUT2D eigenvalue weighted by Gasteiger charge is -2.24.